The summed E-state index contributed by atoms with van der Waals surface area (Å²) in [5.41, 5.74) is 1.71. The molecule has 0 atom stereocenters. The fourth-order valence-corrected chi connectivity index (χ4v) is 2.24. The third-order valence-corrected chi connectivity index (χ3v) is 3.52. The summed E-state index contributed by atoms with van der Waals surface area (Å²) in [7, 11) is 1.61. The third kappa shape index (κ3) is 4.10. The highest BCUT2D eigenvalue weighted by molar-refractivity contribution is 6.30. The molecule has 0 spiro atoms. The SMILES string of the molecule is COCCOc1ncccc1-c1nc(Cc2ccc(Cl)cc2)no1. The molecule has 2 aromatic heterocycles. The zero-order valence-electron chi connectivity index (χ0n) is 13.1. The molecule has 3 aromatic rings. The van der Waals surface area contributed by atoms with Crippen molar-refractivity contribution in [2.24, 2.45) is 0 Å². The zero-order valence-corrected chi connectivity index (χ0v) is 13.9. The molecule has 1 aromatic carbocycles. The van der Waals surface area contributed by atoms with Crippen LogP contribution in [0.15, 0.2) is 47.1 Å². The number of nitrogens with zero attached hydrogens (tertiary/aromatic N) is 3. The van der Waals surface area contributed by atoms with Crippen LogP contribution in [0.2, 0.25) is 5.02 Å². The number of pyridine rings is 1. The first-order chi connectivity index (χ1) is 11.8. The fourth-order valence-electron chi connectivity index (χ4n) is 2.11. The van der Waals surface area contributed by atoms with Gasteiger partial charge in [-0.15, -0.1) is 0 Å². The lowest BCUT2D eigenvalue weighted by atomic mass is 10.1. The van der Waals surface area contributed by atoms with Gasteiger partial charge in [0.2, 0.25) is 5.88 Å². The molecule has 2 heterocycles. The highest BCUT2D eigenvalue weighted by Crippen LogP contribution is 2.26. The van der Waals surface area contributed by atoms with E-state index in [0.29, 0.717) is 47.8 Å². The molecular weight excluding hydrogens is 330 g/mol. The van der Waals surface area contributed by atoms with E-state index in [1.54, 1.807) is 19.4 Å². The van der Waals surface area contributed by atoms with Crippen molar-refractivity contribution in [1.82, 2.24) is 15.1 Å². The molecule has 0 radical (unpaired) electrons. The van der Waals surface area contributed by atoms with Gasteiger partial charge in [-0.05, 0) is 29.8 Å². The minimum atomic E-state index is 0.375. The number of aromatic nitrogens is 3. The molecular formula is C17H16ClN3O3. The maximum Gasteiger partial charge on any atom is 0.263 e. The number of hydrogen-bond donors (Lipinski definition) is 0. The highest BCUT2D eigenvalue weighted by atomic mass is 35.5. The van der Waals surface area contributed by atoms with Crippen molar-refractivity contribution in [2.75, 3.05) is 20.3 Å². The van der Waals surface area contributed by atoms with Gasteiger partial charge in [-0.2, -0.15) is 4.98 Å². The Bertz CT molecular complexity index is 790. The summed E-state index contributed by atoms with van der Waals surface area (Å²) in [4.78, 5) is 8.63. The molecule has 24 heavy (non-hydrogen) atoms. The van der Waals surface area contributed by atoms with Crippen molar-refractivity contribution in [3.8, 4) is 17.3 Å². The van der Waals surface area contributed by atoms with Gasteiger partial charge < -0.3 is 14.0 Å². The molecule has 6 nitrogen and oxygen atoms in total. The van der Waals surface area contributed by atoms with E-state index in [0.717, 1.165) is 5.56 Å². The monoisotopic (exact) mass is 345 g/mol. The van der Waals surface area contributed by atoms with Crippen LogP contribution in [0.5, 0.6) is 5.88 Å². The van der Waals surface area contributed by atoms with E-state index in [4.69, 9.17) is 25.6 Å². The van der Waals surface area contributed by atoms with E-state index < -0.39 is 0 Å². The molecule has 124 valence electrons. The molecule has 0 unspecified atom stereocenters. The molecule has 7 heteroatoms. The van der Waals surface area contributed by atoms with Gasteiger partial charge in [0.15, 0.2) is 5.82 Å². The summed E-state index contributed by atoms with van der Waals surface area (Å²) in [6.07, 6.45) is 2.21. The molecule has 0 aliphatic heterocycles. The van der Waals surface area contributed by atoms with Crippen LogP contribution in [0.1, 0.15) is 11.4 Å². The lowest BCUT2D eigenvalue weighted by Crippen LogP contribution is -2.06. The first kappa shape index (κ1) is 16.4. The first-order valence-corrected chi connectivity index (χ1v) is 7.78. The van der Waals surface area contributed by atoms with E-state index in [2.05, 4.69) is 15.1 Å². The van der Waals surface area contributed by atoms with Gasteiger partial charge in [-0.25, -0.2) is 4.98 Å². The quantitative estimate of drug-likeness (QED) is 0.611. The van der Waals surface area contributed by atoms with Gasteiger partial charge in [-0.1, -0.05) is 28.9 Å². The van der Waals surface area contributed by atoms with Gasteiger partial charge in [-0.3, -0.25) is 0 Å². The molecule has 0 aliphatic carbocycles. The maximum absolute atomic E-state index is 5.89. The summed E-state index contributed by atoms with van der Waals surface area (Å²) < 4.78 is 15.9. The fraction of sp³-hybridized carbons (Fsp3) is 0.235. The Balaban J connectivity index is 1.76. The van der Waals surface area contributed by atoms with Crippen molar-refractivity contribution < 1.29 is 14.0 Å². The lowest BCUT2D eigenvalue weighted by Gasteiger charge is -2.06. The van der Waals surface area contributed by atoms with Crippen LogP contribution < -0.4 is 4.74 Å². The maximum atomic E-state index is 5.89. The van der Waals surface area contributed by atoms with Gasteiger partial charge >= 0.3 is 0 Å². The largest absolute Gasteiger partial charge is 0.475 e. The predicted octanol–water partition coefficient (Wildman–Crippen LogP) is 3.40. The number of ether oxygens (including phenoxy) is 2. The van der Waals surface area contributed by atoms with E-state index in [1.807, 2.05) is 30.3 Å². The smallest absolute Gasteiger partial charge is 0.263 e. The number of halogens is 1. The van der Waals surface area contributed by atoms with Crippen molar-refractivity contribution in [3.05, 3.63) is 59.0 Å². The number of hydrogen-bond acceptors (Lipinski definition) is 6. The second-order valence-corrected chi connectivity index (χ2v) is 5.45. The van der Waals surface area contributed by atoms with Crippen LogP contribution in [0.25, 0.3) is 11.5 Å². The summed E-state index contributed by atoms with van der Waals surface area (Å²) >= 11 is 5.89. The zero-order chi connectivity index (χ0) is 16.8. The van der Waals surface area contributed by atoms with Crippen molar-refractivity contribution >= 4 is 11.6 Å². The third-order valence-electron chi connectivity index (χ3n) is 3.27. The summed E-state index contributed by atoms with van der Waals surface area (Å²) in [6, 6.07) is 11.2. The second-order valence-electron chi connectivity index (χ2n) is 5.02. The second kappa shape index (κ2) is 7.90. The first-order valence-electron chi connectivity index (χ1n) is 7.40. The molecule has 3 rings (SSSR count). The van der Waals surface area contributed by atoms with Crippen LogP contribution in [0.4, 0.5) is 0 Å². The predicted molar refractivity (Wildman–Crippen MR) is 89.2 cm³/mol. The minimum Gasteiger partial charge on any atom is -0.475 e. The van der Waals surface area contributed by atoms with Crippen LogP contribution in [-0.4, -0.2) is 35.4 Å². The van der Waals surface area contributed by atoms with E-state index in [1.165, 1.54) is 0 Å². The summed E-state index contributed by atoms with van der Waals surface area (Å²) in [5, 5.41) is 4.72. The van der Waals surface area contributed by atoms with Crippen LogP contribution in [0.3, 0.4) is 0 Å². The topological polar surface area (TPSA) is 70.3 Å². The van der Waals surface area contributed by atoms with Crippen molar-refractivity contribution in [1.29, 1.82) is 0 Å². The molecule has 0 saturated heterocycles. The van der Waals surface area contributed by atoms with Gasteiger partial charge in [0, 0.05) is 24.8 Å². The van der Waals surface area contributed by atoms with E-state index in [9.17, 15) is 0 Å². The molecule has 0 N–H and O–H groups in total. The molecule has 0 bridgehead atoms. The average molecular weight is 346 g/mol. The van der Waals surface area contributed by atoms with Crippen LogP contribution in [0, 0.1) is 0 Å². The summed E-state index contributed by atoms with van der Waals surface area (Å²) in [6.45, 7) is 0.869. The van der Waals surface area contributed by atoms with Gasteiger partial charge in [0.1, 0.15) is 12.2 Å². The standard InChI is InChI=1S/C17H16ClN3O3/c1-22-9-10-23-16-14(3-2-8-19-16)17-20-15(21-24-17)11-12-4-6-13(18)7-5-12/h2-8H,9-11H2,1H3. The van der Waals surface area contributed by atoms with Crippen molar-refractivity contribution in [3.63, 3.8) is 0 Å². The highest BCUT2D eigenvalue weighted by Gasteiger charge is 2.15. The summed E-state index contributed by atoms with van der Waals surface area (Å²) in [5.74, 6) is 1.40. The lowest BCUT2D eigenvalue weighted by molar-refractivity contribution is 0.144. The normalized spacial score (nSPS) is 10.8. The Morgan fingerprint density at radius 3 is 2.75 bits per heavy atom. The van der Waals surface area contributed by atoms with Gasteiger partial charge in [0.25, 0.3) is 5.89 Å². The number of rotatable bonds is 7. The number of methoxy groups -OCH3 is 1. The Kier molecular flexibility index (Phi) is 5.40. The average Bonchev–Trinajstić information content (AvgIpc) is 3.06. The molecule has 0 aliphatic rings. The molecule has 0 fully saturated rings. The van der Waals surface area contributed by atoms with Crippen LogP contribution >= 0.6 is 11.6 Å². The Morgan fingerprint density at radius 1 is 1.12 bits per heavy atom. The van der Waals surface area contributed by atoms with Crippen LogP contribution in [-0.2, 0) is 11.2 Å². The van der Waals surface area contributed by atoms with E-state index in [-0.39, 0.29) is 0 Å². The Morgan fingerprint density at radius 2 is 1.96 bits per heavy atom. The minimum absolute atomic E-state index is 0.375. The van der Waals surface area contributed by atoms with E-state index >= 15 is 0 Å². The molecule has 0 saturated carbocycles. The Labute approximate surface area is 144 Å². The number of benzene rings is 1. The molecule has 0 amide bonds. The van der Waals surface area contributed by atoms with Gasteiger partial charge in [0.05, 0.1) is 6.61 Å². The van der Waals surface area contributed by atoms with Crippen molar-refractivity contribution in [2.45, 2.75) is 6.42 Å². The Hall–Kier alpha value is -2.44.